The molecule has 7 nitrogen and oxygen atoms in total. The lowest BCUT2D eigenvalue weighted by Crippen LogP contribution is -2.34. The molecule has 0 aliphatic carbocycles. The predicted octanol–water partition coefficient (Wildman–Crippen LogP) is 3.99. The summed E-state index contributed by atoms with van der Waals surface area (Å²) in [5.74, 6) is 0.00379. The number of aliphatic hydroxyl groups is 1. The third-order valence-electron chi connectivity index (χ3n) is 7.05. The Hall–Kier alpha value is -3.45. The minimum atomic E-state index is -0.738. The average Bonchev–Trinajstić information content (AvgIpc) is 2.86. The van der Waals surface area contributed by atoms with Crippen molar-refractivity contribution < 1.29 is 15.0 Å². The monoisotopic (exact) mass is 474 g/mol. The zero-order valence-electron chi connectivity index (χ0n) is 20.7. The summed E-state index contributed by atoms with van der Waals surface area (Å²) in [6.07, 6.45) is 2.66. The Bertz CT molecular complexity index is 1180. The molecule has 0 saturated carbocycles. The third-order valence-corrected chi connectivity index (χ3v) is 7.05. The van der Waals surface area contributed by atoms with Crippen molar-refractivity contribution in [1.29, 1.82) is 0 Å². The van der Waals surface area contributed by atoms with Gasteiger partial charge in [0, 0.05) is 30.6 Å². The van der Waals surface area contributed by atoms with Crippen LogP contribution in [0.15, 0.2) is 48.5 Å². The number of benzene rings is 2. The standard InChI is InChI=1S/C28H34N4O3/c1-18-26(34)25(27(29)35)31-24(30-18)16-19-12-14-32(15-13-19)23-10-6-21(7-11-23)20-4-8-22(9-5-20)28(2,3)17-33/h4-11,19,33-34H,12-17H2,1-3H3,(H2,29,35). The second-order valence-electron chi connectivity index (χ2n) is 10.1. The van der Waals surface area contributed by atoms with Crippen LogP contribution in [0, 0.1) is 12.8 Å². The molecule has 0 atom stereocenters. The maximum absolute atomic E-state index is 11.6. The summed E-state index contributed by atoms with van der Waals surface area (Å²) >= 11 is 0. The van der Waals surface area contributed by atoms with Gasteiger partial charge in [-0.25, -0.2) is 9.97 Å². The van der Waals surface area contributed by atoms with Gasteiger partial charge in [0.25, 0.3) is 5.91 Å². The lowest BCUT2D eigenvalue weighted by molar-refractivity contribution is 0.0991. The number of aromatic hydroxyl groups is 1. The first-order valence-electron chi connectivity index (χ1n) is 12.1. The van der Waals surface area contributed by atoms with Crippen LogP contribution in [0.4, 0.5) is 5.69 Å². The number of rotatable bonds is 7. The van der Waals surface area contributed by atoms with Crippen molar-refractivity contribution >= 4 is 11.6 Å². The number of nitrogens with zero attached hydrogens (tertiary/aromatic N) is 3. The van der Waals surface area contributed by atoms with Gasteiger partial charge >= 0.3 is 0 Å². The number of carbonyl (C=O) groups is 1. The number of aromatic nitrogens is 2. The molecular formula is C28H34N4O3. The summed E-state index contributed by atoms with van der Waals surface area (Å²) in [5, 5.41) is 19.6. The SMILES string of the molecule is Cc1nc(CC2CCN(c3ccc(-c4ccc(C(C)(C)CO)cc4)cc3)CC2)nc(C(N)=O)c1O. The van der Waals surface area contributed by atoms with E-state index in [4.69, 9.17) is 5.73 Å². The molecule has 1 aliphatic rings. The van der Waals surface area contributed by atoms with Crippen LogP contribution in [0.2, 0.25) is 0 Å². The number of piperidine rings is 1. The van der Waals surface area contributed by atoms with E-state index < -0.39 is 5.91 Å². The molecule has 4 N–H and O–H groups in total. The normalized spacial score (nSPS) is 14.8. The molecule has 2 heterocycles. The number of amides is 1. The minimum absolute atomic E-state index is 0.100. The summed E-state index contributed by atoms with van der Waals surface area (Å²) in [6.45, 7) is 7.73. The fourth-order valence-electron chi connectivity index (χ4n) is 4.61. The molecule has 1 amide bonds. The number of aliphatic hydroxyl groups excluding tert-OH is 1. The largest absolute Gasteiger partial charge is 0.504 e. The molecular weight excluding hydrogens is 440 g/mol. The van der Waals surface area contributed by atoms with Gasteiger partial charge in [0.05, 0.1) is 12.3 Å². The molecule has 2 aromatic carbocycles. The number of carbonyl (C=O) groups excluding carboxylic acids is 1. The highest BCUT2D eigenvalue weighted by atomic mass is 16.3. The second-order valence-corrected chi connectivity index (χ2v) is 10.1. The first-order valence-corrected chi connectivity index (χ1v) is 12.1. The van der Waals surface area contributed by atoms with Gasteiger partial charge in [-0.05, 0) is 54.5 Å². The van der Waals surface area contributed by atoms with E-state index in [2.05, 4.69) is 63.4 Å². The Balaban J connectivity index is 1.37. The quantitative estimate of drug-likeness (QED) is 0.477. The van der Waals surface area contributed by atoms with Crippen molar-refractivity contribution in [2.45, 2.75) is 45.4 Å². The third kappa shape index (κ3) is 5.46. The number of anilines is 1. The van der Waals surface area contributed by atoms with Crippen LogP contribution < -0.4 is 10.6 Å². The highest BCUT2D eigenvalue weighted by Crippen LogP contribution is 2.30. The van der Waals surface area contributed by atoms with Gasteiger partial charge in [0.2, 0.25) is 0 Å². The van der Waals surface area contributed by atoms with E-state index in [1.54, 1.807) is 6.92 Å². The van der Waals surface area contributed by atoms with Crippen molar-refractivity contribution in [1.82, 2.24) is 9.97 Å². The van der Waals surface area contributed by atoms with E-state index in [0.717, 1.165) is 37.1 Å². The Kier molecular flexibility index (Phi) is 7.08. The lowest BCUT2D eigenvalue weighted by Gasteiger charge is -2.33. The Morgan fingerprint density at radius 3 is 2.14 bits per heavy atom. The van der Waals surface area contributed by atoms with Gasteiger partial charge in [-0.1, -0.05) is 50.2 Å². The molecule has 4 rings (SSSR count). The Labute approximate surface area is 206 Å². The van der Waals surface area contributed by atoms with Crippen LogP contribution in [0.1, 0.15) is 54.3 Å². The molecule has 0 bridgehead atoms. The zero-order valence-corrected chi connectivity index (χ0v) is 20.7. The number of aryl methyl sites for hydroxylation is 1. The first-order chi connectivity index (χ1) is 16.7. The summed E-state index contributed by atoms with van der Waals surface area (Å²) in [6, 6.07) is 17.1. The van der Waals surface area contributed by atoms with Crippen molar-refractivity contribution in [2.24, 2.45) is 11.7 Å². The number of nitrogens with two attached hydrogens (primary N) is 1. The van der Waals surface area contributed by atoms with Crippen LogP contribution in [0.3, 0.4) is 0 Å². The Morgan fingerprint density at radius 2 is 1.60 bits per heavy atom. The summed E-state index contributed by atoms with van der Waals surface area (Å²) in [5.41, 5.74) is 10.0. The molecule has 184 valence electrons. The number of hydrogen-bond donors (Lipinski definition) is 3. The molecule has 1 aliphatic heterocycles. The maximum atomic E-state index is 11.6. The molecule has 1 fully saturated rings. The van der Waals surface area contributed by atoms with Crippen LogP contribution in [-0.2, 0) is 11.8 Å². The first kappa shape index (κ1) is 24.7. The van der Waals surface area contributed by atoms with Gasteiger partial charge in [0.1, 0.15) is 5.82 Å². The smallest absolute Gasteiger partial charge is 0.271 e. The number of primary amides is 1. The van der Waals surface area contributed by atoms with Crippen molar-refractivity contribution in [3.05, 3.63) is 71.3 Å². The molecule has 1 saturated heterocycles. The van der Waals surface area contributed by atoms with E-state index in [1.165, 1.54) is 11.3 Å². The van der Waals surface area contributed by atoms with Crippen LogP contribution in [0.5, 0.6) is 5.75 Å². The topological polar surface area (TPSA) is 113 Å². The highest BCUT2D eigenvalue weighted by Gasteiger charge is 2.23. The van der Waals surface area contributed by atoms with Crippen LogP contribution >= 0.6 is 0 Å². The van der Waals surface area contributed by atoms with Crippen molar-refractivity contribution in [3.63, 3.8) is 0 Å². The summed E-state index contributed by atoms with van der Waals surface area (Å²) in [7, 11) is 0. The molecule has 0 radical (unpaired) electrons. The maximum Gasteiger partial charge on any atom is 0.271 e. The second kappa shape index (κ2) is 10.0. The van der Waals surface area contributed by atoms with E-state index in [1.807, 2.05) is 13.8 Å². The van der Waals surface area contributed by atoms with Gasteiger partial charge in [-0.2, -0.15) is 0 Å². The summed E-state index contributed by atoms with van der Waals surface area (Å²) < 4.78 is 0. The van der Waals surface area contributed by atoms with E-state index in [9.17, 15) is 15.0 Å². The van der Waals surface area contributed by atoms with Gasteiger partial charge in [-0.15, -0.1) is 0 Å². The zero-order chi connectivity index (χ0) is 25.2. The fourth-order valence-corrected chi connectivity index (χ4v) is 4.61. The molecule has 0 unspecified atom stereocenters. The fraction of sp³-hybridized carbons (Fsp3) is 0.393. The average molecular weight is 475 g/mol. The van der Waals surface area contributed by atoms with Gasteiger partial charge < -0.3 is 20.8 Å². The van der Waals surface area contributed by atoms with Crippen molar-refractivity contribution in [3.8, 4) is 16.9 Å². The van der Waals surface area contributed by atoms with Gasteiger partial charge in [0.15, 0.2) is 11.4 Å². The molecule has 0 spiro atoms. The van der Waals surface area contributed by atoms with Crippen LogP contribution in [0.25, 0.3) is 11.1 Å². The minimum Gasteiger partial charge on any atom is -0.504 e. The highest BCUT2D eigenvalue weighted by molar-refractivity contribution is 5.93. The molecule has 35 heavy (non-hydrogen) atoms. The van der Waals surface area contributed by atoms with E-state index >= 15 is 0 Å². The van der Waals surface area contributed by atoms with E-state index in [-0.39, 0.29) is 23.5 Å². The predicted molar refractivity (Wildman–Crippen MR) is 138 cm³/mol. The van der Waals surface area contributed by atoms with Crippen LogP contribution in [-0.4, -0.2) is 45.8 Å². The molecule has 3 aromatic rings. The Morgan fingerprint density at radius 1 is 1.03 bits per heavy atom. The summed E-state index contributed by atoms with van der Waals surface area (Å²) in [4.78, 5) is 22.5. The molecule has 1 aromatic heterocycles. The van der Waals surface area contributed by atoms with E-state index in [0.29, 0.717) is 23.9 Å². The number of hydrogen-bond acceptors (Lipinski definition) is 6. The van der Waals surface area contributed by atoms with Gasteiger partial charge in [-0.3, -0.25) is 4.79 Å². The van der Waals surface area contributed by atoms with Crippen molar-refractivity contribution in [2.75, 3.05) is 24.6 Å². The lowest BCUT2D eigenvalue weighted by atomic mass is 9.85. The molecule has 7 heteroatoms.